The number of carbonyl (C=O) groups is 2. The molecule has 92 valence electrons. The summed E-state index contributed by atoms with van der Waals surface area (Å²) in [4.78, 5) is 28.7. The number of likely N-dealkylation sites (tertiary alicyclic amines) is 1. The zero-order valence-electron chi connectivity index (χ0n) is 9.71. The van der Waals surface area contributed by atoms with Gasteiger partial charge in [0, 0.05) is 23.3 Å². The van der Waals surface area contributed by atoms with Crippen LogP contribution in [0.25, 0.3) is 10.1 Å². The van der Waals surface area contributed by atoms with Crippen LogP contribution >= 0.6 is 11.3 Å². The molecule has 0 aliphatic carbocycles. The van der Waals surface area contributed by atoms with Crippen LogP contribution in [0.2, 0.25) is 0 Å². The first-order valence-electron chi connectivity index (χ1n) is 5.56. The Morgan fingerprint density at radius 1 is 1.44 bits per heavy atom. The number of fused-ring (bicyclic) bond motifs is 1. The van der Waals surface area contributed by atoms with Gasteiger partial charge in [-0.15, -0.1) is 11.3 Å². The molecule has 0 saturated carbocycles. The molecule has 1 saturated heterocycles. The summed E-state index contributed by atoms with van der Waals surface area (Å²) in [7, 11) is 1.50. The van der Waals surface area contributed by atoms with Crippen molar-refractivity contribution in [2.45, 2.75) is 12.5 Å². The largest absolute Gasteiger partial charge is 0.357 e. The van der Waals surface area contributed by atoms with Crippen molar-refractivity contribution in [3.8, 4) is 0 Å². The number of imide groups is 1. The maximum atomic E-state index is 11.8. The normalized spacial score (nSPS) is 19.8. The molecule has 2 aromatic rings. The number of aromatic nitrogens is 1. The Kier molecular flexibility index (Phi) is 2.52. The molecule has 0 spiro atoms. The highest BCUT2D eigenvalue weighted by Crippen LogP contribution is 2.27. The number of likely N-dealkylation sites (N-methyl/N-ethyl adjacent to an activating group) is 1. The Morgan fingerprint density at radius 3 is 3.00 bits per heavy atom. The first-order chi connectivity index (χ1) is 8.66. The van der Waals surface area contributed by atoms with E-state index in [1.807, 2.05) is 17.5 Å². The second-order valence-electron chi connectivity index (χ2n) is 4.18. The van der Waals surface area contributed by atoms with Gasteiger partial charge in [-0.3, -0.25) is 14.5 Å². The van der Waals surface area contributed by atoms with Gasteiger partial charge in [0.05, 0.1) is 6.42 Å². The molecule has 1 unspecified atom stereocenters. The maximum Gasteiger partial charge on any atom is 0.251 e. The lowest BCUT2D eigenvalue weighted by Crippen LogP contribution is -2.32. The van der Waals surface area contributed by atoms with E-state index in [4.69, 9.17) is 0 Å². The molecule has 1 N–H and O–H groups in total. The summed E-state index contributed by atoms with van der Waals surface area (Å²) in [5.41, 5.74) is 0. The molecule has 2 amide bonds. The smallest absolute Gasteiger partial charge is 0.251 e. The number of thiophene rings is 1. The van der Waals surface area contributed by atoms with Gasteiger partial charge in [-0.2, -0.15) is 0 Å². The molecule has 3 heterocycles. The number of amides is 2. The molecule has 1 aliphatic rings. The highest BCUT2D eigenvalue weighted by atomic mass is 32.1. The van der Waals surface area contributed by atoms with Crippen LogP contribution in [0.1, 0.15) is 6.42 Å². The van der Waals surface area contributed by atoms with Crippen LogP contribution in [0.5, 0.6) is 0 Å². The number of hydrogen-bond acceptors (Lipinski definition) is 5. The first kappa shape index (κ1) is 11.2. The van der Waals surface area contributed by atoms with E-state index in [1.165, 1.54) is 7.05 Å². The molecule has 2 aromatic heterocycles. The van der Waals surface area contributed by atoms with Gasteiger partial charge in [0.25, 0.3) is 5.91 Å². The maximum absolute atomic E-state index is 11.8. The fourth-order valence-corrected chi connectivity index (χ4v) is 2.82. The van der Waals surface area contributed by atoms with E-state index in [9.17, 15) is 9.59 Å². The van der Waals surface area contributed by atoms with Crippen molar-refractivity contribution in [2.75, 3.05) is 12.4 Å². The van der Waals surface area contributed by atoms with E-state index in [2.05, 4.69) is 10.3 Å². The second-order valence-corrected chi connectivity index (χ2v) is 5.13. The topological polar surface area (TPSA) is 62.3 Å². The Balaban J connectivity index is 1.91. The molecule has 1 fully saturated rings. The summed E-state index contributed by atoms with van der Waals surface area (Å²) in [5, 5.41) is 6.03. The predicted molar refractivity (Wildman–Crippen MR) is 69.4 cm³/mol. The standard InChI is InChI=1S/C12H11N3O2S/c1-15-10(16)6-8(12(15)17)14-11-7-3-5-18-9(7)2-4-13-11/h2-5,8H,6H2,1H3,(H,13,14). The average molecular weight is 261 g/mol. The van der Waals surface area contributed by atoms with Crippen LogP contribution < -0.4 is 5.32 Å². The summed E-state index contributed by atoms with van der Waals surface area (Å²) in [6.07, 6.45) is 1.89. The molecular formula is C12H11N3O2S. The van der Waals surface area contributed by atoms with Gasteiger partial charge in [0.2, 0.25) is 5.91 Å². The Bertz CT molecular complexity index is 637. The Morgan fingerprint density at radius 2 is 2.28 bits per heavy atom. The van der Waals surface area contributed by atoms with Crippen molar-refractivity contribution in [2.24, 2.45) is 0 Å². The SMILES string of the molecule is CN1C(=O)CC(Nc2nccc3sccc23)C1=O. The third-order valence-electron chi connectivity index (χ3n) is 3.07. The quantitative estimate of drug-likeness (QED) is 0.831. The zero-order chi connectivity index (χ0) is 12.7. The second kappa shape index (κ2) is 4.06. The van der Waals surface area contributed by atoms with Gasteiger partial charge in [0.15, 0.2) is 0 Å². The average Bonchev–Trinajstić information content (AvgIpc) is 2.92. The highest BCUT2D eigenvalue weighted by Gasteiger charge is 2.36. The van der Waals surface area contributed by atoms with Crippen LogP contribution in [0, 0.1) is 0 Å². The minimum Gasteiger partial charge on any atom is -0.357 e. The van der Waals surface area contributed by atoms with E-state index < -0.39 is 6.04 Å². The monoisotopic (exact) mass is 261 g/mol. The van der Waals surface area contributed by atoms with Crippen LogP contribution in [-0.2, 0) is 9.59 Å². The van der Waals surface area contributed by atoms with Gasteiger partial charge < -0.3 is 5.32 Å². The molecule has 0 aromatic carbocycles. The number of hydrogen-bond donors (Lipinski definition) is 1. The van der Waals surface area contributed by atoms with Gasteiger partial charge in [-0.25, -0.2) is 4.98 Å². The molecule has 5 nitrogen and oxygen atoms in total. The zero-order valence-corrected chi connectivity index (χ0v) is 10.5. The number of anilines is 1. The number of nitrogens with one attached hydrogen (secondary N) is 1. The lowest BCUT2D eigenvalue weighted by molar-refractivity contribution is -0.136. The summed E-state index contributed by atoms with van der Waals surface area (Å²) in [5.74, 6) is 0.305. The van der Waals surface area contributed by atoms with Gasteiger partial charge in [-0.1, -0.05) is 0 Å². The van der Waals surface area contributed by atoms with Gasteiger partial charge in [0.1, 0.15) is 11.9 Å². The van der Waals surface area contributed by atoms with E-state index >= 15 is 0 Å². The number of carbonyl (C=O) groups excluding carboxylic acids is 2. The van der Waals surface area contributed by atoms with Crippen molar-refractivity contribution in [3.05, 3.63) is 23.7 Å². The molecule has 0 radical (unpaired) electrons. The molecule has 18 heavy (non-hydrogen) atoms. The molecule has 3 rings (SSSR count). The summed E-state index contributed by atoms with van der Waals surface area (Å²) >= 11 is 1.62. The molecule has 6 heteroatoms. The molecule has 1 aliphatic heterocycles. The first-order valence-corrected chi connectivity index (χ1v) is 6.44. The number of pyridine rings is 1. The van der Waals surface area contributed by atoms with Gasteiger partial charge in [-0.05, 0) is 17.5 Å². The van der Waals surface area contributed by atoms with E-state index in [0.717, 1.165) is 15.0 Å². The fraction of sp³-hybridized carbons (Fsp3) is 0.250. The third-order valence-corrected chi connectivity index (χ3v) is 3.95. The van der Waals surface area contributed by atoms with Crippen LogP contribution in [0.4, 0.5) is 5.82 Å². The Labute approximate surface area is 107 Å². The van der Waals surface area contributed by atoms with Crippen LogP contribution in [0.15, 0.2) is 23.7 Å². The highest BCUT2D eigenvalue weighted by molar-refractivity contribution is 7.17. The lowest BCUT2D eigenvalue weighted by atomic mass is 10.2. The van der Waals surface area contributed by atoms with E-state index in [0.29, 0.717) is 5.82 Å². The molecular weight excluding hydrogens is 250 g/mol. The molecule has 0 bridgehead atoms. The minimum atomic E-state index is -0.500. The summed E-state index contributed by atoms with van der Waals surface area (Å²) < 4.78 is 1.11. The lowest BCUT2D eigenvalue weighted by Gasteiger charge is -2.12. The third kappa shape index (κ3) is 1.65. The van der Waals surface area contributed by atoms with Crippen molar-refractivity contribution in [3.63, 3.8) is 0 Å². The van der Waals surface area contributed by atoms with Crippen LogP contribution in [0.3, 0.4) is 0 Å². The van der Waals surface area contributed by atoms with Crippen molar-refractivity contribution in [1.82, 2.24) is 9.88 Å². The van der Waals surface area contributed by atoms with Crippen molar-refractivity contribution < 1.29 is 9.59 Å². The number of rotatable bonds is 2. The van der Waals surface area contributed by atoms with Crippen LogP contribution in [-0.4, -0.2) is 34.8 Å². The van der Waals surface area contributed by atoms with E-state index in [1.54, 1.807) is 17.5 Å². The fourth-order valence-electron chi connectivity index (χ4n) is 2.04. The predicted octanol–water partition coefficient (Wildman–Crippen LogP) is 1.47. The van der Waals surface area contributed by atoms with Crippen molar-refractivity contribution >= 4 is 39.1 Å². The van der Waals surface area contributed by atoms with Crippen molar-refractivity contribution in [1.29, 1.82) is 0 Å². The van der Waals surface area contributed by atoms with E-state index in [-0.39, 0.29) is 18.2 Å². The Hall–Kier alpha value is -1.95. The summed E-state index contributed by atoms with van der Waals surface area (Å²) in [6.45, 7) is 0. The number of nitrogens with zero attached hydrogens (tertiary/aromatic N) is 2. The summed E-state index contributed by atoms with van der Waals surface area (Å²) in [6, 6.07) is 3.39. The molecule has 1 atom stereocenters. The van der Waals surface area contributed by atoms with Gasteiger partial charge >= 0.3 is 0 Å². The minimum absolute atomic E-state index is 0.157.